The maximum Gasteiger partial charge on any atom is 0.105 e. The lowest BCUT2D eigenvalue weighted by molar-refractivity contribution is 0.0170. The van der Waals surface area contributed by atoms with Gasteiger partial charge in [0, 0.05) is 19.8 Å². The van der Waals surface area contributed by atoms with Gasteiger partial charge >= 0.3 is 0 Å². The Balaban J connectivity index is 1.98. The Bertz CT molecular complexity index is 138. The summed E-state index contributed by atoms with van der Waals surface area (Å²) in [6.07, 6.45) is 2.86. The molecule has 0 aliphatic carbocycles. The largest absolute Gasteiger partial charge is 0.381 e. The van der Waals surface area contributed by atoms with E-state index >= 15 is 0 Å². The molecule has 2 saturated heterocycles. The molecule has 2 heterocycles. The molecule has 0 amide bonds. The van der Waals surface area contributed by atoms with Gasteiger partial charge < -0.3 is 9.84 Å². The second kappa shape index (κ2) is 2.73. The molecular formula is C8H15NO2. The Hall–Kier alpha value is -0.120. The van der Waals surface area contributed by atoms with Crippen LogP contribution in [0.1, 0.15) is 19.3 Å². The lowest BCUT2D eigenvalue weighted by Gasteiger charge is -2.32. The van der Waals surface area contributed by atoms with E-state index in [0.29, 0.717) is 5.41 Å². The second-order valence-corrected chi connectivity index (χ2v) is 3.71. The van der Waals surface area contributed by atoms with Crippen molar-refractivity contribution in [3.63, 3.8) is 0 Å². The number of aliphatic hydroxyl groups is 1. The molecule has 3 heteroatoms. The maximum absolute atomic E-state index is 9.29. The average molecular weight is 157 g/mol. The third-order valence-corrected chi connectivity index (χ3v) is 2.89. The monoisotopic (exact) mass is 157 g/mol. The van der Waals surface area contributed by atoms with Crippen LogP contribution in [-0.2, 0) is 4.74 Å². The molecule has 1 unspecified atom stereocenters. The smallest absolute Gasteiger partial charge is 0.105 e. The van der Waals surface area contributed by atoms with Crippen LogP contribution in [0.4, 0.5) is 0 Å². The Labute approximate surface area is 66.7 Å². The third kappa shape index (κ3) is 1.41. The topological polar surface area (TPSA) is 41.5 Å². The van der Waals surface area contributed by atoms with Gasteiger partial charge in [0.2, 0.25) is 0 Å². The molecule has 1 atom stereocenters. The summed E-state index contributed by atoms with van der Waals surface area (Å²) in [5.41, 5.74) is 0.359. The van der Waals surface area contributed by atoms with Crippen LogP contribution >= 0.6 is 0 Å². The van der Waals surface area contributed by atoms with Crippen LogP contribution in [-0.4, -0.2) is 31.1 Å². The minimum Gasteiger partial charge on any atom is -0.381 e. The standard InChI is InChI=1S/C8H15NO2/c10-7-5-8(6-9-7)1-3-11-4-2-8/h7,9-10H,1-6H2. The highest BCUT2D eigenvalue weighted by Crippen LogP contribution is 2.37. The molecule has 0 aromatic rings. The molecule has 1 spiro atoms. The van der Waals surface area contributed by atoms with E-state index < -0.39 is 0 Å². The van der Waals surface area contributed by atoms with E-state index in [1.54, 1.807) is 0 Å². The zero-order valence-electron chi connectivity index (χ0n) is 6.68. The van der Waals surface area contributed by atoms with Gasteiger partial charge in [-0.25, -0.2) is 0 Å². The van der Waals surface area contributed by atoms with E-state index in [1.807, 2.05) is 0 Å². The van der Waals surface area contributed by atoms with Gasteiger partial charge in [-0.05, 0) is 24.7 Å². The quantitative estimate of drug-likeness (QED) is 0.524. The fraction of sp³-hybridized carbons (Fsp3) is 1.00. The maximum atomic E-state index is 9.29. The molecule has 2 aliphatic heterocycles. The van der Waals surface area contributed by atoms with E-state index in [1.165, 1.54) is 0 Å². The summed E-state index contributed by atoms with van der Waals surface area (Å²) in [6.45, 7) is 2.71. The molecule has 0 saturated carbocycles. The van der Waals surface area contributed by atoms with Crippen molar-refractivity contribution in [3.8, 4) is 0 Å². The lowest BCUT2D eigenvalue weighted by Crippen LogP contribution is -2.31. The molecule has 2 fully saturated rings. The van der Waals surface area contributed by atoms with Crippen LogP contribution in [0.2, 0.25) is 0 Å². The van der Waals surface area contributed by atoms with Gasteiger partial charge in [0.05, 0.1) is 0 Å². The van der Waals surface area contributed by atoms with Crippen LogP contribution in [0.5, 0.6) is 0 Å². The van der Waals surface area contributed by atoms with Crippen molar-refractivity contribution in [1.29, 1.82) is 0 Å². The number of hydrogen-bond donors (Lipinski definition) is 2. The van der Waals surface area contributed by atoms with E-state index in [9.17, 15) is 5.11 Å². The second-order valence-electron chi connectivity index (χ2n) is 3.71. The summed E-state index contributed by atoms with van der Waals surface area (Å²) in [5.74, 6) is 0. The molecule has 2 rings (SSSR count). The minimum absolute atomic E-state index is 0.270. The molecule has 2 N–H and O–H groups in total. The van der Waals surface area contributed by atoms with Gasteiger partial charge in [0.1, 0.15) is 6.23 Å². The van der Waals surface area contributed by atoms with Crippen molar-refractivity contribution in [3.05, 3.63) is 0 Å². The van der Waals surface area contributed by atoms with Gasteiger partial charge in [-0.2, -0.15) is 0 Å². The number of rotatable bonds is 0. The highest BCUT2D eigenvalue weighted by Gasteiger charge is 2.39. The summed E-state index contributed by atoms with van der Waals surface area (Å²) in [4.78, 5) is 0. The van der Waals surface area contributed by atoms with E-state index in [0.717, 1.165) is 39.0 Å². The van der Waals surface area contributed by atoms with E-state index in [2.05, 4.69) is 5.32 Å². The van der Waals surface area contributed by atoms with Crippen molar-refractivity contribution in [2.75, 3.05) is 19.8 Å². The van der Waals surface area contributed by atoms with Gasteiger partial charge in [-0.15, -0.1) is 0 Å². The van der Waals surface area contributed by atoms with Crippen molar-refractivity contribution >= 4 is 0 Å². The lowest BCUT2D eigenvalue weighted by atomic mass is 9.79. The van der Waals surface area contributed by atoms with Crippen molar-refractivity contribution in [1.82, 2.24) is 5.32 Å². The van der Waals surface area contributed by atoms with Gasteiger partial charge in [-0.3, -0.25) is 5.32 Å². The van der Waals surface area contributed by atoms with Gasteiger partial charge in [-0.1, -0.05) is 0 Å². The minimum atomic E-state index is -0.270. The van der Waals surface area contributed by atoms with Crippen molar-refractivity contribution in [2.45, 2.75) is 25.5 Å². The number of hydrogen-bond acceptors (Lipinski definition) is 3. The van der Waals surface area contributed by atoms with E-state index in [-0.39, 0.29) is 6.23 Å². The summed E-state index contributed by atoms with van der Waals surface area (Å²) < 4.78 is 5.28. The average Bonchev–Trinajstić information content (AvgIpc) is 2.34. The van der Waals surface area contributed by atoms with Crippen LogP contribution in [0.3, 0.4) is 0 Å². The molecular weight excluding hydrogens is 142 g/mol. The summed E-state index contributed by atoms with van der Waals surface area (Å²) >= 11 is 0. The van der Waals surface area contributed by atoms with Crippen molar-refractivity contribution < 1.29 is 9.84 Å². The first kappa shape index (κ1) is 7.53. The van der Waals surface area contributed by atoms with Gasteiger partial charge in [0.15, 0.2) is 0 Å². The molecule has 11 heavy (non-hydrogen) atoms. The highest BCUT2D eigenvalue weighted by molar-refractivity contribution is 4.91. The number of ether oxygens (including phenoxy) is 1. The first-order valence-corrected chi connectivity index (χ1v) is 4.30. The van der Waals surface area contributed by atoms with Crippen LogP contribution in [0.15, 0.2) is 0 Å². The van der Waals surface area contributed by atoms with Gasteiger partial charge in [0.25, 0.3) is 0 Å². The fourth-order valence-corrected chi connectivity index (χ4v) is 2.07. The van der Waals surface area contributed by atoms with Crippen LogP contribution in [0.25, 0.3) is 0 Å². The zero-order valence-corrected chi connectivity index (χ0v) is 6.68. The Morgan fingerprint density at radius 2 is 2.09 bits per heavy atom. The molecule has 2 aliphatic rings. The van der Waals surface area contributed by atoms with Crippen LogP contribution < -0.4 is 5.32 Å². The highest BCUT2D eigenvalue weighted by atomic mass is 16.5. The summed E-state index contributed by atoms with van der Waals surface area (Å²) in [7, 11) is 0. The predicted octanol–water partition coefficient (Wildman–Crippen LogP) is 0.0949. The fourth-order valence-electron chi connectivity index (χ4n) is 2.07. The normalized spacial score (nSPS) is 36.3. The van der Waals surface area contributed by atoms with Crippen molar-refractivity contribution in [2.24, 2.45) is 5.41 Å². The SMILES string of the molecule is OC1CC2(CCOCC2)CN1. The zero-order chi connectivity index (χ0) is 7.73. The molecule has 0 aromatic carbocycles. The molecule has 3 nitrogen and oxygen atoms in total. The Morgan fingerprint density at radius 1 is 1.36 bits per heavy atom. The first-order valence-electron chi connectivity index (χ1n) is 4.30. The first-order chi connectivity index (χ1) is 5.31. The van der Waals surface area contributed by atoms with Crippen LogP contribution in [0, 0.1) is 5.41 Å². The number of aliphatic hydroxyl groups excluding tert-OH is 1. The Morgan fingerprint density at radius 3 is 2.64 bits per heavy atom. The molecule has 0 aromatic heterocycles. The Kier molecular flexibility index (Phi) is 1.87. The molecule has 64 valence electrons. The van der Waals surface area contributed by atoms with E-state index in [4.69, 9.17) is 4.74 Å². The molecule has 0 bridgehead atoms. The predicted molar refractivity (Wildman–Crippen MR) is 41.1 cm³/mol. The summed E-state index contributed by atoms with van der Waals surface area (Å²) in [6, 6.07) is 0. The molecule has 0 radical (unpaired) electrons. The third-order valence-electron chi connectivity index (χ3n) is 2.89. The summed E-state index contributed by atoms with van der Waals surface area (Å²) in [5, 5.41) is 12.4. The number of nitrogens with one attached hydrogen (secondary N) is 1.